The zero-order valence-electron chi connectivity index (χ0n) is 18.7. The van der Waals surface area contributed by atoms with Crippen molar-refractivity contribution in [2.24, 2.45) is 0 Å². The van der Waals surface area contributed by atoms with E-state index in [2.05, 4.69) is 9.71 Å². The summed E-state index contributed by atoms with van der Waals surface area (Å²) >= 11 is 0. The number of aromatic nitrogens is 2. The number of pyridine rings is 1. The highest BCUT2D eigenvalue weighted by Crippen LogP contribution is 2.35. The van der Waals surface area contributed by atoms with Gasteiger partial charge in [-0.15, -0.1) is 0 Å². The molecule has 2 heterocycles. The van der Waals surface area contributed by atoms with E-state index in [0.717, 1.165) is 40.3 Å². The maximum absolute atomic E-state index is 13.4. The molecular weight excluding hydrogens is 438 g/mol. The van der Waals surface area contributed by atoms with Gasteiger partial charge in [0.1, 0.15) is 5.69 Å². The SMILES string of the molecule is CCc1ccc2c(c1)c(-c1ccc[nH]c1=O)c(C(=O)NS(C)(=O)=O)n2Cc1ccccc1C. The topological polar surface area (TPSA) is 101 Å². The van der Waals surface area contributed by atoms with Gasteiger partial charge in [-0.05, 0) is 54.3 Å². The lowest BCUT2D eigenvalue weighted by Gasteiger charge is -2.14. The summed E-state index contributed by atoms with van der Waals surface area (Å²) in [5.74, 6) is -0.779. The van der Waals surface area contributed by atoms with Gasteiger partial charge >= 0.3 is 0 Å². The van der Waals surface area contributed by atoms with Gasteiger partial charge < -0.3 is 9.55 Å². The normalized spacial score (nSPS) is 11.6. The zero-order chi connectivity index (χ0) is 23.8. The van der Waals surface area contributed by atoms with Gasteiger partial charge in [0.05, 0.1) is 6.26 Å². The second-order valence-corrected chi connectivity index (χ2v) is 9.81. The smallest absolute Gasteiger partial charge is 0.282 e. The summed E-state index contributed by atoms with van der Waals surface area (Å²) in [5, 5.41) is 0.721. The highest BCUT2D eigenvalue weighted by Gasteiger charge is 2.27. The van der Waals surface area contributed by atoms with Crippen molar-refractivity contribution in [3.8, 4) is 11.1 Å². The number of carbonyl (C=O) groups is 1. The Morgan fingerprint density at radius 1 is 1.09 bits per heavy atom. The molecule has 0 aliphatic carbocycles. The van der Waals surface area contributed by atoms with E-state index in [-0.39, 0.29) is 11.3 Å². The Morgan fingerprint density at radius 3 is 2.52 bits per heavy atom. The summed E-state index contributed by atoms with van der Waals surface area (Å²) in [6.07, 6.45) is 3.23. The number of aromatic amines is 1. The molecule has 0 saturated heterocycles. The average molecular weight is 464 g/mol. The van der Waals surface area contributed by atoms with Gasteiger partial charge in [-0.2, -0.15) is 0 Å². The standard InChI is InChI=1S/C25H25N3O4S/c1-4-17-11-12-21-20(14-17)22(19-10-7-13-26-24(19)29)23(25(30)27-33(3,31)32)28(21)15-18-9-6-5-8-16(18)2/h5-14H,4,15H2,1-3H3,(H,26,29)(H,27,30). The second kappa shape index (κ2) is 8.71. The van der Waals surface area contributed by atoms with Gasteiger partial charge in [-0.25, -0.2) is 13.1 Å². The van der Waals surface area contributed by atoms with Crippen molar-refractivity contribution >= 4 is 26.8 Å². The molecule has 0 fully saturated rings. The van der Waals surface area contributed by atoms with Crippen LogP contribution >= 0.6 is 0 Å². The van der Waals surface area contributed by atoms with Gasteiger partial charge in [-0.3, -0.25) is 9.59 Å². The molecule has 4 rings (SSSR count). The fourth-order valence-corrected chi connectivity index (χ4v) is 4.52. The minimum atomic E-state index is -3.83. The van der Waals surface area contributed by atoms with E-state index in [1.807, 2.05) is 56.3 Å². The summed E-state index contributed by atoms with van der Waals surface area (Å²) in [6.45, 7) is 4.35. The third-order valence-corrected chi connectivity index (χ3v) is 6.26. The Balaban J connectivity index is 2.11. The van der Waals surface area contributed by atoms with E-state index in [4.69, 9.17) is 0 Å². The Hall–Kier alpha value is -3.65. The molecule has 0 spiro atoms. The number of rotatable bonds is 6. The number of benzene rings is 2. The molecule has 2 aromatic carbocycles. The lowest BCUT2D eigenvalue weighted by molar-refractivity contribution is 0.0974. The van der Waals surface area contributed by atoms with Crippen LogP contribution in [0.3, 0.4) is 0 Å². The summed E-state index contributed by atoms with van der Waals surface area (Å²) < 4.78 is 27.8. The largest absolute Gasteiger partial charge is 0.331 e. The molecule has 4 aromatic rings. The predicted molar refractivity (Wildman–Crippen MR) is 130 cm³/mol. The van der Waals surface area contributed by atoms with Crippen LogP contribution in [0.1, 0.15) is 34.1 Å². The molecule has 0 radical (unpaired) electrons. The molecule has 1 amide bonds. The third-order valence-electron chi connectivity index (χ3n) is 5.71. The van der Waals surface area contributed by atoms with Crippen molar-refractivity contribution < 1.29 is 13.2 Å². The molecular formula is C25H25N3O4S. The van der Waals surface area contributed by atoms with Crippen LogP contribution in [0.25, 0.3) is 22.0 Å². The maximum atomic E-state index is 13.4. The van der Waals surface area contributed by atoms with Crippen molar-refractivity contribution in [3.63, 3.8) is 0 Å². The number of sulfonamides is 1. The van der Waals surface area contributed by atoms with Crippen LogP contribution in [0.4, 0.5) is 0 Å². The highest BCUT2D eigenvalue weighted by molar-refractivity contribution is 7.89. The first-order valence-electron chi connectivity index (χ1n) is 10.6. The fourth-order valence-electron chi connectivity index (χ4n) is 4.09. The second-order valence-electron chi connectivity index (χ2n) is 8.06. The van der Waals surface area contributed by atoms with Crippen LogP contribution in [0.5, 0.6) is 0 Å². The van der Waals surface area contributed by atoms with Crippen LogP contribution in [0.15, 0.2) is 65.6 Å². The number of fused-ring (bicyclic) bond motifs is 1. The Kier molecular flexibility index (Phi) is 5.95. The number of amides is 1. The molecule has 33 heavy (non-hydrogen) atoms. The number of H-pyrrole nitrogens is 1. The van der Waals surface area contributed by atoms with Crippen molar-refractivity contribution in [1.29, 1.82) is 0 Å². The average Bonchev–Trinajstić information content (AvgIpc) is 3.08. The first-order valence-corrected chi connectivity index (χ1v) is 12.5. The van der Waals surface area contributed by atoms with Crippen LogP contribution in [0.2, 0.25) is 0 Å². The van der Waals surface area contributed by atoms with Crippen molar-refractivity contribution in [2.75, 3.05) is 6.26 Å². The van der Waals surface area contributed by atoms with Crippen LogP contribution in [0, 0.1) is 6.92 Å². The number of nitrogens with one attached hydrogen (secondary N) is 2. The van der Waals surface area contributed by atoms with Crippen LogP contribution in [-0.4, -0.2) is 30.1 Å². The Morgan fingerprint density at radius 2 is 1.85 bits per heavy atom. The monoisotopic (exact) mass is 463 g/mol. The molecule has 8 heteroatoms. The Labute approximate surface area is 192 Å². The molecule has 0 unspecified atom stereocenters. The number of nitrogens with zero attached hydrogens (tertiary/aromatic N) is 1. The van der Waals surface area contributed by atoms with Crippen LogP contribution in [-0.2, 0) is 23.0 Å². The van der Waals surface area contributed by atoms with Gasteiger partial charge in [0.15, 0.2) is 0 Å². The molecule has 0 aliphatic rings. The van der Waals surface area contributed by atoms with E-state index in [1.54, 1.807) is 16.7 Å². The Bertz CT molecular complexity index is 1530. The lowest BCUT2D eigenvalue weighted by Crippen LogP contribution is -2.32. The fraction of sp³-hybridized carbons (Fsp3) is 0.200. The van der Waals surface area contributed by atoms with Gasteiger partial charge in [0.25, 0.3) is 11.5 Å². The summed E-state index contributed by atoms with van der Waals surface area (Å²) in [7, 11) is -3.83. The first-order chi connectivity index (χ1) is 15.7. The number of carbonyl (C=O) groups excluding carboxylic acids is 1. The van der Waals surface area contributed by atoms with Crippen molar-refractivity contribution in [3.05, 3.63) is 93.5 Å². The van der Waals surface area contributed by atoms with Gasteiger partial charge in [0.2, 0.25) is 10.0 Å². The van der Waals surface area contributed by atoms with E-state index in [9.17, 15) is 18.0 Å². The minimum Gasteiger partial charge on any atom is -0.331 e. The van der Waals surface area contributed by atoms with Gasteiger partial charge in [0, 0.05) is 34.8 Å². The highest BCUT2D eigenvalue weighted by atomic mass is 32.2. The number of aryl methyl sites for hydroxylation is 2. The first kappa shape index (κ1) is 22.5. The molecule has 0 atom stereocenters. The zero-order valence-corrected chi connectivity index (χ0v) is 19.5. The molecule has 170 valence electrons. The van der Waals surface area contributed by atoms with E-state index in [0.29, 0.717) is 17.7 Å². The molecule has 7 nitrogen and oxygen atoms in total. The minimum absolute atomic E-state index is 0.128. The molecule has 2 aromatic heterocycles. The van der Waals surface area contributed by atoms with E-state index in [1.165, 1.54) is 6.20 Å². The van der Waals surface area contributed by atoms with E-state index < -0.39 is 15.9 Å². The maximum Gasteiger partial charge on any atom is 0.282 e. The number of hydrogen-bond acceptors (Lipinski definition) is 4. The predicted octanol–water partition coefficient (Wildman–Crippen LogP) is 3.61. The van der Waals surface area contributed by atoms with Crippen LogP contribution < -0.4 is 10.3 Å². The van der Waals surface area contributed by atoms with Crippen molar-refractivity contribution in [2.45, 2.75) is 26.8 Å². The molecule has 0 aliphatic heterocycles. The quantitative estimate of drug-likeness (QED) is 0.456. The summed E-state index contributed by atoms with van der Waals surface area (Å²) in [4.78, 5) is 28.8. The molecule has 0 saturated carbocycles. The van der Waals surface area contributed by atoms with Crippen molar-refractivity contribution in [1.82, 2.24) is 14.3 Å². The molecule has 0 bridgehead atoms. The van der Waals surface area contributed by atoms with Gasteiger partial charge in [-0.1, -0.05) is 37.3 Å². The third kappa shape index (κ3) is 4.47. The number of hydrogen-bond donors (Lipinski definition) is 2. The summed E-state index contributed by atoms with van der Waals surface area (Å²) in [6, 6.07) is 17.0. The van der Waals surface area contributed by atoms with E-state index >= 15 is 0 Å². The lowest BCUT2D eigenvalue weighted by atomic mass is 10.0. The molecule has 2 N–H and O–H groups in total. The summed E-state index contributed by atoms with van der Waals surface area (Å²) in [5.41, 5.74) is 4.29.